The normalized spacial score (nSPS) is 10.7. The van der Waals surface area contributed by atoms with Gasteiger partial charge in [0.05, 0.1) is 12.8 Å². The van der Waals surface area contributed by atoms with E-state index in [0.717, 1.165) is 0 Å². The van der Waals surface area contributed by atoms with E-state index in [9.17, 15) is 9.59 Å². The number of nitrogens with one attached hydrogen (secondary N) is 1. The molecule has 1 aromatic rings. The Bertz CT molecular complexity index is 430. The van der Waals surface area contributed by atoms with Gasteiger partial charge in [-0.2, -0.15) is 0 Å². The van der Waals surface area contributed by atoms with Gasteiger partial charge in [0.1, 0.15) is 6.54 Å². The lowest BCUT2D eigenvalue weighted by molar-refractivity contribution is -0.122. The van der Waals surface area contributed by atoms with Gasteiger partial charge in [-0.15, -0.1) is 5.10 Å². The third-order valence-electron chi connectivity index (χ3n) is 2.08. The molecule has 2 N–H and O–H groups in total. The molecule has 0 bridgehead atoms. The molecule has 106 valence electrons. The first-order valence-corrected chi connectivity index (χ1v) is 5.97. The topological polar surface area (TPSA) is 106 Å². The van der Waals surface area contributed by atoms with Gasteiger partial charge in [0, 0.05) is 13.2 Å². The van der Waals surface area contributed by atoms with E-state index in [4.69, 9.17) is 9.84 Å². The maximum absolute atomic E-state index is 11.5. The zero-order valence-electron chi connectivity index (χ0n) is 11.0. The molecule has 8 nitrogen and oxygen atoms in total. The number of nitrogens with zero attached hydrogens (tertiary/aromatic N) is 3. The predicted molar refractivity (Wildman–Crippen MR) is 65.6 cm³/mol. The van der Waals surface area contributed by atoms with Gasteiger partial charge in [-0.1, -0.05) is 19.1 Å². The highest BCUT2D eigenvalue weighted by atomic mass is 16.5. The number of carbonyl (C=O) groups excluding carboxylic acids is 1. The highest BCUT2D eigenvalue weighted by Gasteiger charge is 2.10. The molecule has 0 atom stereocenters. The summed E-state index contributed by atoms with van der Waals surface area (Å²) in [6.45, 7) is 5.53. The second-order valence-electron chi connectivity index (χ2n) is 4.43. The number of hydrogen-bond acceptors (Lipinski definition) is 5. The van der Waals surface area contributed by atoms with Crippen molar-refractivity contribution in [3.63, 3.8) is 0 Å². The van der Waals surface area contributed by atoms with Crippen molar-refractivity contribution in [3.8, 4) is 0 Å². The molecule has 0 aliphatic carbocycles. The van der Waals surface area contributed by atoms with Gasteiger partial charge in [0.25, 0.3) is 0 Å². The van der Waals surface area contributed by atoms with E-state index < -0.39 is 5.97 Å². The Morgan fingerprint density at radius 2 is 2.26 bits per heavy atom. The van der Waals surface area contributed by atoms with Crippen LogP contribution in [0.25, 0.3) is 0 Å². The average molecular weight is 270 g/mol. The summed E-state index contributed by atoms with van der Waals surface area (Å²) in [4.78, 5) is 22.1. The number of rotatable bonds is 8. The third kappa shape index (κ3) is 5.96. The standard InChI is InChI=1S/C11H18N4O4/c1-8(2)7-19-4-3-12-10(16)6-15-5-9(11(17)18)13-14-15/h5,8H,3-4,6-7H2,1-2H3,(H,12,16)(H,17,18). The van der Waals surface area contributed by atoms with E-state index in [-0.39, 0.29) is 18.1 Å². The minimum absolute atomic E-state index is 0.0650. The Morgan fingerprint density at radius 1 is 1.53 bits per heavy atom. The van der Waals surface area contributed by atoms with Crippen LogP contribution in [-0.2, 0) is 16.1 Å². The molecule has 1 heterocycles. The minimum Gasteiger partial charge on any atom is -0.476 e. The van der Waals surface area contributed by atoms with Crippen molar-refractivity contribution in [2.24, 2.45) is 5.92 Å². The largest absolute Gasteiger partial charge is 0.476 e. The quantitative estimate of drug-likeness (QED) is 0.632. The molecular formula is C11H18N4O4. The monoisotopic (exact) mass is 270 g/mol. The summed E-state index contributed by atoms with van der Waals surface area (Å²) >= 11 is 0. The van der Waals surface area contributed by atoms with E-state index in [1.54, 1.807) is 0 Å². The lowest BCUT2D eigenvalue weighted by Gasteiger charge is -2.07. The zero-order valence-corrected chi connectivity index (χ0v) is 11.0. The fourth-order valence-electron chi connectivity index (χ4n) is 1.26. The van der Waals surface area contributed by atoms with Crippen molar-refractivity contribution < 1.29 is 19.4 Å². The highest BCUT2D eigenvalue weighted by Crippen LogP contribution is 1.93. The molecule has 0 saturated carbocycles. The summed E-state index contributed by atoms with van der Waals surface area (Å²) in [5.74, 6) is -0.982. The van der Waals surface area contributed by atoms with E-state index >= 15 is 0 Å². The Kier molecular flexibility index (Phi) is 5.94. The molecule has 0 fully saturated rings. The van der Waals surface area contributed by atoms with Crippen LogP contribution in [0.15, 0.2) is 6.20 Å². The van der Waals surface area contributed by atoms with Gasteiger partial charge in [-0.3, -0.25) is 4.79 Å². The number of aromatic nitrogens is 3. The number of carboxylic acid groups (broad SMARTS) is 1. The second kappa shape index (κ2) is 7.47. The first kappa shape index (κ1) is 15.1. The van der Waals surface area contributed by atoms with Gasteiger partial charge in [0.15, 0.2) is 5.69 Å². The van der Waals surface area contributed by atoms with Gasteiger partial charge in [-0.25, -0.2) is 9.48 Å². The molecule has 1 rings (SSSR count). The fourth-order valence-corrected chi connectivity index (χ4v) is 1.26. The van der Waals surface area contributed by atoms with Crippen LogP contribution in [0.5, 0.6) is 0 Å². The number of ether oxygens (including phenoxy) is 1. The van der Waals surface area contributed by atoms with Crippen LogP contribution < -0.4 is 5.32 Å². The highest BCUT2D eigenvalue weighted by molar-refractivity contribution is 5.84. The SMILES string of the molecule is CC(C)COCCNC(=O)Cn1cc(C(=O)O)nn1. The van der Waals surface area contributed by atoms with Gasteiger partial charge in [0.2, 0.25) is 5.91 Å². The van der Waals surface area contributed by atoms with Crippen LogP contribution in [0.4, 0.5) is 0 Å². The fraction of sp³-hybridized carbons (Fsp3) is 0.636. The predicted octanol–water partition coefficient (Wildman–Crippen LogP) is -0.235. The molecule has 0 aliphatic heterocycles. The van der Waals surface area contributed by atoms with Gasteiger partial charge < -0.3 is 15.2 Å². The first-order chi connectivity index (χ1) is 8.99. The third-order valence-corrected chi connectivity index (χ3v) is 2.08. The number of carboxylic acids is 1. The van der Waals surface area contributed by atoms with Crippen LogP contribution in [0.2, 0.25) is 0 Å². The van der Waals surface area contributed by atoms with Crippen LogP contribution in [0, 0.1) is 5.92 Å². The van der Waals surface area contributed by atoms with Gasteiger partial charge in [-0.05, 0) is 5.92 Å². The van der Waals surface area contributed by atoms with E-state index in [1.807, 2.05) is 13.8 Å². The molecule has 1 aromatic heterocycles. The van der Waals surface area contributed by atoms with Crippen molar-refractivity contribution in [3.05, 3.63) is 11.9 Å². The number of amides is 1. The molecule has 0 spiro atoms. The lowest BCUT2D eigenvalue weighted by Crippen LogP contribution is -2.31. The summed E-state index contributed by atoms with van der Waals surface area (Å²) in [5.41, 5.74) is -0.187. The molecular weight excluding hydrogens is 252 g/mol. The Labute approximate surface area is 110 Å². The summed E-state index contributed by atoms with van der Waals surface area (Å²) in [5, 5.41) is 18.2. The number of aromatic carboxylic acids is 1. The molecule has 1 amide bonds. The van der Waals surface area contributed by atoms with E-state index in [1.165, 1.54) is 10.9 Å². The molecule has 8 heteroatoms. The van der Waals surface area contributed by atoms with Crippen LogP contribution in [0.1, 0.15) is 24.3 Å². The van der Waals surface area contributed by atoms with Crippen LogP contribution in [-0.4, -0.2) is 51.7 Å². The minimum atomic E-state index is -1.17. The molecule has 0 saturated heterocycles. The maximum Gasteiger partial charge on any atom is 0.358 e. The van der Waals surface area contributed by atoms with Crippen LogP contribution in [0.3, 0.4) is 0 Å². The molecule has 19 heavy (non-hydrogen) atoms. The zero-order chi connectivity index (χ0) is 14.3. The Hall–Kier alpha value is -1.96. The summed E-state index contributed by atoms with van der Waals surface area (Å²) in [6.07, 6.45) is 1.21. The molecule has 0 aliphatic rings. The van der Waals surface area contributed by atoms with Crippen molar-refractivity contribution >= 4 is 11.9 Å². The van der Waals surface area contributed by atoms with Gasteiger partial charge >= 0.3 is 5.97 Å². The number of carbonyl (C=O) groups is 2. The summed E-state index contributed by atoms with van der Waals surface area (Å²) in [6, 6.07) is 0. The lowest BCUT2D eigenvalue weighted by atomic mass is 10.2. The van der Waals surface area contributed by atoms with Crippen molar-refractivity contribution in [2.45, 2.75) is 20.4 Å². The van der Waals surface area contributed by atoms with Crippen molar-refractivity contribution in [1.29, 1.82) is 0 Å². The Balaban J connectivity index is 2.21. The molecule has 0 unspecified atom stereocenters. The van der Waals surface area contributed by atoms with E-state index in [2.05, 4.69) is 15.6 Å². The second-order valence-corrected chi connectivity index (χ2v) is 4.43. The maximum atomic E-state index is 11.5. The van der Waals surface area contributed by atoms with E-state index in [0.29, 0.717) is 25.7 Å². The Morgan fingerprint density at radius 3 is 2.84 bits per heavy atom. The first-order valence-electron chi connectivity index (χ1n) is 5.97. The summed E-state index contributed by atoms with van der Waals surface area (Å²) in [7, 11) is 0. The number of hydrogen-bond donors (Lipinski definition) is 2. The van der Waals surface area contributed by atoms with Crippen LogP contribution >= 0.6 is 0 Å². The molecule has 0 aromatic carbocycles. The molecule has 0 radical (unpaired) electrons. The average Bonchev–Trinajstić information content (AvgIpc) is 2.76. The van der Waals surface area contributed by atoms with Crippen molar-refractivity contribution in [1.82, 2.24) is 20.3 Å². The smallest absolute Gasteiger partial charge is 0.358 e. The van der Waals surface area contributed by atoms with Crippen molar-refractivity contribution in [2.75, 3.05) is 19.8 Å². The summed E-state index contributed by atoms with van der Waals surface area (Å²) < 4.78 is 6.48.